The number of phenolic OH excluding ortho intramolecular Hbond substituents is 2. The maximum absolute atomic E-state index is 10.1. The van der Waals surface area contributed by atoms with Gasteiger partial charge in [0.15, 0.2) is 5.75 Å². The van der Waals surface area contributed by atoms with E-state index in [4.69, 9.17) is 11.6 Å². The van der Waals surface area contributed by atoms with Gasteiger partial charge in [0.1, 0.15) is 16.5 Å². The Balaban J connectivity index is 2.67. The topological polar surface area (TPSA) is 65.2 Å². The quantitative estimate of drug-likeness (QED) is 0.637. The monoisotopic (exact) mass is 264 g/mol. The van der Waals surface area contributed by atoms with Gasteiger partial charge >= 0.3 is 0 Å². The Kier molecular flexibility index (Phi) is 3.67. The molecule has 2 N–H and O–H groups in total. The highest BCUT2D eigenvalue weighted by atomic mass is 35.5. The summed E-state index contributed by atoms with van der Waals surface area (Å²) in [7, 11) is 0. The van der Waals surface area contributed by atoms with Gasteiger partial charge in [-0.3, -0.25) is 0 Å². The SMILES string of the molecule is CCCN=Nc1c(Cl)c(O)c2ccccc2c1O. The van der Waals surface area contributed by atoms with Crippen molar-refractivity contribution in [3.63, 3.8) is 0 Å². The predicted molar refractivity (Wildman–Crippen MR) is 72.0 cm³/mol. The Bertz CT molecular complexity index is 611. The molecule has 0 fully saturated rings. The minimum Gasteiger partial charge on any atom is -0.506 e. The lowest BCUT2D eigenvalue weighted by atomic mass is 10.1. The lowest BCUT2D eigenvalue weighted by molar-refractivity contribution is 0.470. The first-order valence-electron chi connectivity index (χ1n) is 5.66. The van der Waals surface area contributed by atoms with Gasteiger partial charge in [-0.1, -0.05) is 42.8 Å². The summed E-state index contributed by atoms with van der Waals surface area (Å²) in [5.41, 5.74) is 0.112. The van der Waals surface area contributed by atoms with E-state index in [1.54, 1.807) is 24.3 Å². The summed E-state index contributed by atoms with van der Waals surface area (Å²) in [6.45, 7) is 2.52. The number of rotatable bonds is 3. The van der Waals surface area contributed by atoms with Crippen molar-refractivity contribution >= 4 is 28.1 Å². The highest BCUT2D eigenvalue weighted by Gasteiger charge is 2.16. The first kappa shape index (κ1) is 12.6. The van der Waals surface area contributed by atoms with E-state index in [2.05, 4.69) is 10.2 Å². The van der Waals surface area contributed by atoms with E-state index in [1.165, 1.54) is 0 Å². The van der Waals surface area contributed by atoms with Gasteiger partial charge in [-0.15, -0.1) is 0 Å². The van der Waals surface area contributed by atoms with E-state index in [-0.39, 0.29) is 22.2 Å². The molecule has 0 aliphatic carbocycles. The summed E-state index contributed by atoms with van der Waals surface area (Å²) >= 11 is 5.99. The van der Waals surface area contributed by atoms with E-state index in [0.717, 1.165) is 6.42 Å². The number of halogens is 1. The number of phenols is 2. The average molecular weight is 265 g/mol. The zero-order valence-corrected chi connectivity index (χ0v) is 10.6. The molecule has 2 rings (SSSR count). The Hall–Kier alpha value is -1.81. The summed E-state index contributed by atoms with van der Waals surface area (Å²) in [6, 6.07) is 6.90. The Morgan fingerprint density at radius 2 is 1.72 bits per heavy atom. The molecular weight excluding hydrogens is 252 g/mol. The number of hydrogen-bond acceptors (Lipinski definition) is 4. The highest BCUT2D eigenvalue weighted by molar-refractivity contribution is 6.36. The number of azo groups is 1. The third kappa shape index (κ3) is 2.11. The molecule has 0 unspecified atom stereocenters. The second kappa shape index (κ2) is 5.23. The van der Waals surface area contributed by atoms with Gasteiger partial charge < -0.3 is 10.2 Å². The second-order valence-corrected chi connectivity index (χ2v) is 4.25. The van der Waals surface area contributed by atoms with Crippen LogP contribution >= 0.6 is 11.6 Å². The van der Waals surface area contributed by atoms with Gasteiger partial charge in [-0.2, -0.15) is 10.2 Å². The molecule has 18 heavy (non-hydrogen) atoms. The van der Waals surface area contributed by atoms with Crippen LogP contribution in [0.15, 0.2) is 34.5 Å². The molecule has 5 heteroatoms. The summed E-state index contributed by atoms with van der Waals surface area (Å²) in [4.78, 5) is 0. The Morgan fingerprint density at radius 1 is 1.11 bits per heavy atom. The molecule has 0 aliphatic heterocycles. The molecule has 0 saturated carbocycles. The van der Waals surface area contributed by atoms with E-state index in [9.17, 15) is 10.2 Å². The van der Waals surface area contributed by atoms with Gasteiger partial charge in [0.2, 0.25) is 0 Å². The molecule has 0 spiro atoms. The standard InChI is InChI=1S/C13H13ClN2O2/c1-2-7-15-16-11-10(14)12(17)8-5-3-4-6-9(8)13(11)18/h3-6,17-18H,2,7H2,1H3. The van der Waals surface area contributed by atoms with Crippen molar-refractivity contribution in [2.24, 2.45) is 10.2 Å². The summed E-state index contributed by atoms with van der Waals surface area (Å²) in [5, 5.41) is 28.9. The molecule has 2 aromatic carbocycles. The van der Waals surface area contributed by atoms with Crippen LogP contribution in [0.25, 0.3) is 10.8 Å². The van der Waals surface area contributed by atoms with E-state index < -0.39 is 0 Å². The second-order valence-electron chi connectivity index (χ2n) is 3.87. The molecule has 94 valence electrons. The molecule has 0 saturated heterocycles. The summed E-state index contributed by atoms with van der Waals surface area (Å²) in [5.74, 6) is -0.149. The third-order valence-corrected chi connectivity index (χ3v) is 2.93. The van der Waals surface area contributed by atoms with Gasteiger partial charge in [0.05, 0.1) is 6.54 Å². The lowest BCUT2D eigenvalue weighted by Crippen LogP contribution is -1.80. The predicted octanol–water partition coefficient (Wildman–Crippen LogP) is 4.40. The van der Waals surface area contributed by atoms with Crippen LogP contribution in [0.5, 0.6) is 11.5 Å². The Morgan fingerprint density at radius 3 is 2.33 bits per heavy atom. The first-order valence-corrected chi connectivity index (χ1v) is 6.04. The fourth-order valence-corrected chi connectivity index (χ4v) is 1.90. The molecule has 4 nitrogen and oxygen atoms in total. The average Bonchev–Trinajstić information content (AvgIpc) is 2.40. The summed E-state index contributed by atoms with van der Waals surface area (Å²) in [6.07, 6.45) is 0.849. The molecule has 0 heterocycles. The van der Waals surface area contributed by atoms with E-state index >= 15 is 0 Å². The van der Waals surface area contributed by atoms with Crippen LogP contribution < -0.4 is 0 Å². The van der Waals surface area contributed by atoms with Crippen molar-refractivity contribution in [1.82, 2.24) is 0 Å². The van der Waals surface area contributed by atoms with Crippen molar-refractivity contribution in [1.29, 1.82) is 0 Å². The van der Waals surface area contributed by atoms with E-state index in [1.807, 2.05) is 6.92 Å². The van der Waals surface area contributed by atoms with Gasteiger partial charge in [0.25, 0.3) is 0 Å². The van der Waals surface area contributed by atoms with Crippen LogP contribution in [0.1, 0.15) is 13.3 Å². The van der Waals surface area contributed by atoms with Crippen LogP contribution in [-0.2, 0) is 0 Å². The molecule has 0 aliphatic rings. The van der Waals surface area contributed by atoms with Crippen molar-refractivity contribution in [3.8, 4) is 11.5 Å². The number of aromatic hydroxyl groups is 2. The van der Waals surface area contributed by atoms with Crippen molar-refractivity contribution in [3.05, 3.63) is 29.3 Å². The van der Waals surface area contributed by atoms with Gasteiger partial charge in [0, 0.05) is 10.8 Å². The zero-order chi connectivity index (χ0) is 13.1. The maximum atomic E-state index is 10.1. The zero-order valence-electron chi connectivity index (χ0n) is 9.89. The molecule has 0 radical (unpaired) electrons. The van der Waals surface area contributed by atoms with Crippen LogP contribution in [0.2, 0.25) is 5.02 Å². The van der Waals surface area contributed by atoms with Crippen LogP contribution in [0, 0.1) is 0 Å². The van der Waals surface area contributed by atoms with E-state index in [0.29, 0.717) is 17.3 Å². The van der Waals surface area contributed by atoms with Gasteiger partial charge in [-0.25, -0.2) is 0 Å². The van der Waals surface area contributed by atoms with Crippen LogP contribution in [-0.4, -0.2) is 16.8 Å². The van der Waals surface area contributed by atoms with Crippen molar-refractivity contribution in [2.75, 3.05) is 6.54 Å². The van der Waals surface area contributed by atoms with Crippen LogP contribution in [0.4, 0.5) is 5.69 Å². The summed E-state index contributed by atoms with van der Waals surface area (Å²) < 4.78 is 0. The molecule has 0 amide bonds. The maximum Gasteiger partial charge on any atom is 0.152 e. The first-order chi connectivity index (χ1) is 8.66. The van der Waals surface area contributed by atoms with Crippen LogP contribution in [0.3, 0.4) is 0 Å². The normalized spacial score (nSPS) is 11.4. The molecular formula is C13H13ClN2O2. The Labute approximate surface area is 110 Å². The smallest absolute Gasteiger partial charge is 0.152 e. The number of fused-ring (bicyclic) bond motifs is 1. The van der Waals surface area contributed by atoms with Crippen molar-refractivity contribution < 1.29 is 10.2 Å². The molecule has 0 atom stereocenters. The minimum atomic E-state index is -0.0875. The molecule has 2 aromatic rings. The molecule has 0 bridgehead atoms. The molecule has 0 aromatic heterocycles. The highest BCUT2D eigenvalue weighted by Crippen LogP contribution is 2.47. The van der Waals surface area contributed by atoms with Crippen molar-refractivity contribution in [2.45, 2.75) is 13.3 Å². The fourth-order valence-electron chi connectivity index (χ4n) is 1.67. The largest absolute Gasteiger partial charge is 0.506 e. The lowest BCUT2D eigenvalue weighted by Gasteiger charge is -2.08. The number of hydrogen-bond donors (Lipinski definition) is 2. The fraction of sp³-hybridized carbons (Fsp3) is 0.231. The number of benzene rings is 2. The third-order valence-electron chi connectivity index (χ3n) is 2.57. The minimum absolute atomic E-state index is 0.0195. The number of nitrogens with zero attached hydrogens (tertiary/aromatic N) is 2. The van der Waals surface area contributed by atoms with Gasteiger partial charge in [-0.05, 0) is 6.42 Å².